The first-order valence-electron chi connectivity index (χ1n) is 4.20. The van der Waals surface area contributed by atoms with Crippen LogP contribution in [0.25, 0.3) is 10.6 Å². The van der Waals surface area contributed by atoms with Gasteiger partial charge in [-0.15, -0.1) is 11.3 Å². The maximum atomic E-state index is 8.74. The van der Waals surface area contributed by atoms with Crippen LogP contribution in [0, 0.1) is 18.3 Å². The SMILES string of the molecule is Cc1cc(-c2ccc(Cl)s2)nc(C#N)n1. The summed E-state index contributed by atoms with van der Waals surface area (Å²) in [5.74, 6) is 0.189. The Morgan fingerprint density at radius 3 is 2.80 bits per heavy atom. The fourth-order valence-corrected chi connectivity index (χ4v) is 2.20. The third kappa shape index (κ3) is 2.14. The molecule has 2 rings (SSSR count). The molecular formula is C10H6ClN3S. The van der Waals surface area contributed by atoms with Crippen LogP contribution in [0.15, 0.2) is 18.2 Å². The summed E-state index contributed by atoms with van der Waals surface area (Å²) in [6.45, 7) is 1.83. The zero-order valence-electron chi connectivity index (χ0n) is 7.86. The van der Waals surface area contributed by atoms with E-state index in [9.17, 15) is 0 Å². The molecule has 0 spiro atoms. The number of hydrogen-bond donors (Lipinski definition) is 0. The lowest BCUT2D eigenvalue weighted by atomic mass is 10.3. The lowest BCUT2D eigenvalue weighted by Gasteiger charge is -1.98. The van der Waals surface area contributed by atoms with Crippen molar-refractivity contribution in [1.29, 1.82) is 5.26 Å². The van der Waals surface area contributed by atoms with E-state index < -0.39 is 0 Å². The summed E-state index contributed by atoms with van der Waals surface area (Å²) in [7, 11) is 0. The number of thiophene rings is 1. The van der Waals surface area contributed by atoms with Crippen LogP contribution in [0.1, 0.15) is 11.5 Å². The molecule has 2 aromatic heterocycles. The van der Waals surface area contributed by atoms with E-state index in [0.29, 0.717) is 4.34 Å². The minimum atomic E-state index is 0.189. The molecule has 0 radical (unpaired) electrons. The second-order valence-corrected chi connectivity index (χ2v) is 4.65. The van der Waals surface area contributed by atoms with Crippen LogP contribution < -0.4 is 0 Å². The second kappa shape index (κ2) is 3.97. The smallest absolute Gasteiger partial charge is 0.224 e. The zero-order chi connectivity index (χ0) is 10.8. The van der Waals surface area contributed by atoms with Crippen molar-refractivity contribution in [2.45, 2.75) is 6.92 Å². The molecule has 0 amide bonds. The van der Waals surface area contributed by atoms with Crippen molar-refractivity contribution in [2.75, 3.05) is 0 Å². The highest BCUT2D eigenvalue weighted by Crippen LogP contribution is 2.29. The predicted octanol–water partition coefficient (Wildman–Crippen LogP) is 3.04. The van der Waals surface area contributed by atoms with Gasteiger partial charge in [0.25, 0.3) is 0 Å². The van der Waals surface area contributed by atoms with Gasteiger partial charge in [-0.2, -0.15) is 5.26 Å². The van der Waals surface area contributed by atoms with Gasteiger partial charge in [0, 0.05) is 5.69 Å². The molecule has 2 heterocycles. The third-order valence-corrected chi connectivity index (χ3v) is 3.03. The van der Waals surface area contributed by atoms with Gasteiger partial charge in [-0.3, -0.25) is 0 Å². The molecule has 15 heavy (non-hydrogen) atoms. The largest absolute Gasteiger partial charge is 0.233 e. The first-order valence-corrected chi connectivity index (χ1v) is 5.40. The Balaban J connectivity index is 2.54. The highest BCUT2D eigenvalue weighted by atomic mass is 35.5. The normalized spacial score (nSPS) is 9.93. The van der Waals surface area contributed by atoms with Crippen molar-refractivity contribution in [3.05, 3.63) is 34.1 Å². The fourth-order valence-electron chi connectivity index (χ4n) is 1.20. The highest BCUT2D eigenvalue weighted by Gasteiger charge is 2.06. The summed E-state index contributed by atoms with van der Waals surface area (Å²) < 4.78 is 0.708. The van der Waals surface area contributed by atoms with E-state index in [4.69, 9.17) is 16.9 Å². The molecule has 0 aromatic carbocycles. The Morgan fingerprint density at radius 1 is 1.40 bits per heavy atom. The molecule has 0 aliphatic rings. The Bertz CT molecular complexity index is 542. The Labute approximate surface area is 96.0 Å². The second-order valence-electron chi connectivity index (χ2n) is 2.93. The molecular weight excluding hydrogens is 230 g/mol. The maximum Gasteiger partial charge on any atom is 0.233 e. The average Bonchev–Trinajstić information content (AvgIpc) is 2.64. The summed E-state index contributed by atoms with van der Waals surface area (Å²) in [5.41, 5.74) is 1.53. The van der Waals surface area contributed by atoms with Crippen LogP contribution in [0.4, 0.5) is 0 Å². The zero-order valence-corrected chi connectivity index (χ0v) is 9.43. The first kappa shape index (κ1) is 10.1. The van der Waals surface area contributed by atoms with E-state index in [1.165, 1.54) is 11.3 Å². The van der Waals surface area contributed by atoms with Gasteiger partial charge in [-0.25, -0.2) is 9.97 Å². The minimum absolute atomic E-state index is 0.189. The summed E-state index contributed by atoms with van der Waals surface area (Å²) in [5, 5.41) is 8.74. The number of aromatic nitrogens is 2. The van der Waals surface area contributed by atoms with Gasteiger partial charge in [0.2, 0.25) is 5.82 Å². The molecule has 0 unspecified atom stereocenters. The Kier molecular flexibility index (Phi) is 2.67. The topological polar surface area (TPSA) is 49.6 Å². The van der Waals surface area contributed by atoms with Crippen LogP contribution >= 0.6 is 22.9 Å². The van der Waals surface area contributed by atoms with E-state index in [1.54, 1.807) is 0 Å². The molecule has 0 aliphatic heterocycles. The fraction of sp³-hybridized carbons (Fsp3) is 0.100. The van der Waals surface area contributed by atoms with Crippen molar-refractivity contribution in [3.8, 4) is 16.6 Å². The lowest BCUT2D eigenvalue weighted by molar-refractivity contribution is 1.07. The number of aryl methyl sites for hydroxylation is 1. The van der Waals surface area contributed by atoms with E-state index >= 15 is 0 Å². The monoisotopic (exact) mass is 235 g/mol. The van der Waals surface area contributed by atoms with Crippen LogP contribution in [0.5, 0.6) is 0 Å². The van der Waals surface area contributed by atoms with Gasteiger partial charge in [-0.1, -0.05) is 11.6 Å². The number of nitriles is 1. The third-order valence-electron chi connectivity index (χ3n) is 1.78. The standard InChI is InChI=1S/C10H6ClN3S/c1-6-4-7(14-10(5-12)13-6)8-2-3-9(11)15-8/h2-4H,1H3. The quantitative estimate of drug-likeness (QED) is 0.763. The lowest BCUT2D eigenvalue weighted by Crippen LogP contribution is -1.93. The molecule has 0 atom stereocenters. The number of hydrogen-bond acceptors (Lipinski definition) is 4. The number of halogens is 1. The van der Waals surface area contributed by atoms with Crippen LogP contribution in [-0.2, 0) is 0 Å². The molecule has 5 heteroatoms. The van der Waals surface area contributed by atoms with Gasteiger partial charge in [-0.05, 0) is 25.1 Å². The summed E-state index contributed by atoms with van der Waals surface area (Å²) >= 11 is 7.27. The highest BCUT2D eigenvalue weighted by molar-refractivity contribution is 7.19. The van der Waals surface area contributed by atoms with E-state index in [1.807, 2.05) is 31.2 Å². The summed E-state index contributed by atoms with van der Waals surface area (Å²) in [6, 6.07) is 7.47. The molecule has 74 valence electrons. The Morgan fingerprint density at radius 2 is 2.20 bits per heavy atom. The summed E-state index contributed by atoms with van der Waals surface area (Å²) in [6.07, 6.45) is 0. The van der Waals surface area contributed by atoms with Crippen molar-refractivity contribution in [2.24, 2.45) is 0 Å². The average molecular weight is 236 g/mol. The summed E-state index contributed by atoms with van der Waals surface area (Å²) in [4.78, 5) is 9.05. The number of rotatable bonds is 1. The van der Waals surface area contributed by atoms with Crippen molar-refractivity contribution in [3.63, 3.8) is 0 Å². The van der Waals surface area contributed by atoms with Gasteiger partial charge < -0.3 is 0 Å². The van der Waals surface area contributed by atoms with Crippen LogP contribution in [0.3, 0.4) is 0 Å². The van der Waals surface area contributed by atoms with Crippen molar-refractivity contribution in [1.82, 2.24) is 9.97 Å². The van der Waals surface area contributed by atoms with E-state index in [0.717, 1.165) is 16.3 Å². The maximum absolute atomic E-state index is 8.74. The molecule has 2 aromatic rings. The molecule has 0 N–H and O–H groups in total. The molecule has 0 bridgehead atoms. The van der Waals surface area contributed by atoms with E-state index in [2.05, 4.69) is 9.97 Å². The van der Waals surface area contributed by atoms with E-state index in [-0.39, 0.29) is 5.82 Å². The van der Waals surface area contributed by atoms with Gasteiger partial charge in [0.1, 0.15) is 6.07 Å². The van der Waals surface area contributed by atoms with Crippen molar-refractivity contribution >= 4 is 22.9 Å². The van der Waals surface area contributed by atoms with Crippen molar-refractivity contribution < 1.29 is 0 Å². The predicted molar refractivity (Wildman–Crippen MR) is 59.8 cm³/mol. The first-order chi connectivity index (χ1) is 7.19. The molecule has 3 nitrogen and oxygen atoms in total. The van der Waals surface area contributed by atoms with Crippen LogP contribution in [0.2, 0.25) is 4.34 Å². The Hall–Kier alpha value is -1.44. The molecule has 0 fully saturated rings. The molecule has 0 aliphatic carbocycles. The van der Waals surface area contributed by atoms with Gasteiger partial charge in [0.15, 0.2) is 0 Å². The minimum Gasteiger partial charge on any atom is -0.224 e. The van der Waals surface area contributed by atoms with Gasteiger partial charge in [0.05, 0.1) is 14.9 Å². The number of nitrogens with zero attached hydrogens (tertiary/aromatic N) is 3. The van der Waals surface area contributed by atoms with Crippen LogP contribution in [-0.4, -0.2) is 9.97 Å². The van der Waals surface area contributed by atoms with Gasteiger partial charge >= 0.3 is 0 Å². The molecule has 0 saturated heterocycles. The molecule has 0 saturated carbocycles.